The highest BCUT2D eigenvalue weighted by Gasteiger charge is 2.27. The van der Waals surface area contributed by atoms with Gasteiger partial charge in [-0.05, 0) is 13.0 Å². The Bertz CT molecular complexity index is 170. The normalized spacial score (nSPS) is 35.0. The Labute approximate surface area is 54.2 Å². The molecule has 2 nitrogen and oxygen atoms in total. The second-order valence-corrected chi connectivity index (χ2v) is 2.52. The van der Waals surface area contributed by atoms with Gasteiger partial charge >= 0.3 is 0 Å². The minimum atomic E-state index is -0.773. The van der Waals surface area contributed by atoms with Crippen LogP contribution in [0.25, 0.3) is 0 Å². The summed E-state index contributed by atoms with van der Waals surface area (Å²) in [4.78, 5) is 10.7. The van der Waals surface area contributed by atoms with E-state index < -0.39 is 6.10 Å². The van der Waals surface area contributed by atoms with Gasteiger partial charge in [0, 0.05) is 5.92 Å². The third-order valence-corrected chi connectivity index (χ3v) is 1.85. The minimum absolute atomic E-state index is 0.0255. The standard InChI is InChI=1S/C7H10O2/c1-4-3-6(8)7(9)5(4)2/h3,5,7,9H,1-2H3/t5-,7-/m0/s1. The molecule has 0 radical (unpaired) electrons. The predicted octanol–water partition coefficient (Wildman–Crippen LogP) is 0.512. The minimum Gasteiger partial charge on any atom is -0.384 e. The number of aliphatic hydroxyl groups is 1. The fourth-order valence-electron chi connectivity index (χ4n) is 0.937. The summed E-state index contributed by atoms with van der Waals surface area (Å²) in [5.74, 6) is -0.127. The zero-order valence-corrected chi connectivity index (χ0v) is 5.59. The van der Waals surface area contributed by atoms with Crippen molar-refractivity contribution >= 4 is 5.78 Å². The average Bonchev–Trinajstić information content (AvgIpc) is 1.98. The number of carbonyl (C=O) groups is 1. The monoisotopic (exact) mass is 126 g/mol. The van der Waals surface area contributed by atoms with Gasteiger partial charge in [-0.25, -0.2) is 0 Å². The van der Waals surface area contributed by atoms with Crippen molar-refractivity contribution in [1.82, 2.24) is 0 Å². The number of hydrogen-bond acceptors (Lipinski definition) is 2. The zero-order valence-electron chi connectivity index (χ0n) is 5.59. The quantitative estimate of drug-likeness (QED) is 0.513. The molecule has 0 saturated heterocycles. The van der Waals surface area contributed by atoms with Gasteiger partial charge in [0.2, 0.25) is 0 Å². The third kappa shape index (κ3) is 0.900. The van der Waals surface area contributed by atoms with Gasteiger partial charge in [-0.2, -0.15) is 0 Å². The molecule has 0 fully saturated rings. The van der Waals surface area contributed by atoms with E-state index in [9.17, 15) is 4.79 Å². The highest BCUT2D eigenvalue weighted by Crippen LogP contribution is 2.21. The predicted molar refractivity (Wildman–Crippen MR) is 33.9 cm³/mol. The van der Waals surface area contributed by atoms with Crippen LogP contribution in [0.3, 0.4) is 0 Å². The lowest BCUT2D eigenvalue weighted by Gasteiger charge is -2.07. The summed E-state index contributed by atoms with van der Waals surface area (Å²) >= 11 is 0. The summed E-state index contributed by atoms with van der Waals surface area (Å²) in [6.45, 7) is 3.71. The summed E-state index contributed by atoms with van der Waals surface area (Å²) in [5.41, 5.74) is 0.979. The maximum atomic E-state index is 10.7. The first-order valence-electron chi connectivity index (χ1n) is 3.03. The van der Waals surface area contributed by atoms with Crippen LogP contribution in [0, 0.1) is 5.92 Å². The Morgan fingerprint density at radius 1 is 1.67 bits per heavy atom. The van der Waals surface area contributed by atoms with Crippen molar-refractivity contribution in [2.24, 2.45) is 5.92 Å². The second kappa shape index (κ2) is 1.95. The lowest BCUT2D eigenvalue weighted by atomic mass is 10.0. The van der Waals surface area contributed by atoms with E-state index in [1.54, 1.807) is 0 Å². The van der Waals surface area contributed by atoms with Gasteiger partial charge in [0.05, 0.1) is 0 Å². The number of hydrogen-bond donors (Lipinski definition) is 1. The molecule has 2 heteroatoms. The molecule has 1 N–H and O–H groups in total. The van der Waals surface area contributed by atoms with E-state index in [0.717, 1.165) is 5.57 Å². The summed E-state index contributed by atoms with van der Waals surface area (Å²) in [7, 11) is 0. The second-order valence-electron chi connectivity index (χ2n) is 2.52. The molecule has 1 aliphatic rings. The van der Waals surface area contributed by atoms with E-state index in [0.29, 0.717) is 0 Å². The van der Waals surface area contributed by atoms with Crippen LogP contribution < -0.4 is 0 Å². The van der Waals surface area contributed by atoms with Crippen LogP contribution in [-0.2, 0) is 4.79 Å². The highest BCUT2D eigenvalue weighted by molar-refractivity contribution is 5.97. The smallest absolute Gasteiger partial charge is 0.184 e. The van der Waals surface area contributed by atoms with E-state index >= 15 is 0 Å². The molecule has 2 atom stereocenters. The molecule has 0 heterocycles. The Hall–Kier alpha value is -0.630. The largest absolute Gasteiger partial charge is 0.384 e. The van der Waals surface area contributed by atoms with Gasteiger partial charge in [-0.1, -0.05) is 12.5 Å². The fraction of sp³-hybridized carbons (Fsp3) is 0.571. The van der Waals surface area contributed by atoms with Crippen molar-refractivity contribution in [2.45, 2.75) is 20.0 Å². The molecule has 0 aromatic heterocycles. The van der Waals surface area contributed by atoms with Gasteiger partial charge in [-0.15, -0.1) is 0 Å². The Morgan fingerprint density at radius 3 is 2.33 bits per heavy atom. The summed E-state index contributed by atoms with van der Waals surface area (Å²) in [6, 6.07) is 0. The molecule has 0 saturated carbocycles. The van der Waals surface area contributed by atoms with Crippen molar-refractivity contribution in [2.75, 3.05) is 0 Å². The molecule has 0 aromatic rings. The van der Waals surface area contributed by atoms with Crippen LogP contribution >= 0.6 is 0 Å². The lowest BCUT2D eigenvalue weighted by Crippen LogP contribution is -2.19. The van der Waals surface area contributed by atoms with Crippen LogP contribution in [0.15, 0.2) is 11.6 Å². The molecule has 0 aliphatic heterocycles. The van der Waals surface area contributed by atoms with Crippen molar-refractivity contribution in [3.8, 4) is 0 Å². The molecule has 1 rings (SSSR count). The van der Waals surface area contributed by atoms with Gasteiger partial charge in [0.25, 0.3) is 0 Å². The highest BCUT2D eigenvalue weighted by atomic mass is 16.3. The maximum absolute atomic E-state index is 10.7. The summed E-state index contributed by atoms with van der Waals surface area (Å²) in [6.07, 6.45) is 0.736. The molecule has 9 heavy (non-hydrogen) atoms. The van der Waals surface area contributed by atoms with Crippen LogP contribution in [0.4, 0.5) is 0 Å². The molecule has 0 amide bonds. The molecule has 1 aliphatic carbocycles. The number of aliphatic hydroxyl groups excluding tert-OH is 1. The van der Waals surface area contributed by atoms with E-state index in [-0.39, 0.29) is 11.7 Å². The third-order valence-electron chi connectivity index (χ3n) is 1.85. The Balaban J connectivity index is 2.82. The molecule has 0 aromatic carbocycles. The van der Waals surface area contributed by atoms with E-state index in [2.05, 4.69) is 0 Å². The van der Waals surface area contributed by atoms with Crippen molar-refractivity contribution in [3.63, 3.8) is 0 Å². The zero-order chi connectivity index (χ0) is 7.02. The summed E-state index contributed by atoms with van der Waals surface area (Å²) in [5, 5.41) is 9.04. The van der Waals surface area contributed by atoms with Crippen LogP contribution in [0.2, 0.25) is 0 Å². The molecular formula is C7H10O2. The first-order chi connectivity index (χ1) is 4.13. The molecule has 0 spiro atoms. The SMILES string of the molecule is CC1=CC(=O)[C@@H](O)[C@H]1C. The summed E-state index contributed by atoms with van der Waals surface area (Å²) < 4.78 is 0. The number of ketones is 1. The topological polar surface area (TPSA) is 37.3 Å². The first-order valence-corrected chi connectivity index (χ1v) is 3.03. The lowest BCUT2D eigenvalue weighted by molar-refractivity contribution is -0.122. The van der Waals surface area contributed by atoms with Crippen molar-refractivity contribution in [1.29, 1.82) is 0 Å². The van der Waals surface area contributed by atoms with Crippen LogP contribution in [0.5, 0.6) is 0 Å². The van der Waals surface area contributed by atoms with E-state index in [4.69, 9.17) is 5.11 Å². The molecule has 50 valence electrons. The van der Waals surface area contributed by atoms with Crippen molar-refractivity contribution in [3.05, 3.63) is 11.6 Å². The van der Waals surface area contributed by atoms with E-state index in [1.165, 1.54) is 6.08 Å². The van der Waals surface area contributed by atoms with Crippen LogP contribution in [-0.4, -0.2) is 17.0 Å². The maximum Gasteiger partial charge on any atom is 0.184 e. The fourth-order valence-corrected chi connectivity index (χ4v) is 0.937. The van der Waals surface area contributed by atoms with Gasteiger partial charge in [0.15, 0.2) is 5.78 Å². The molecule has 0 bridgehead atoms. The van der Waals surface area contributed by atoms with E-state index in [1.807, 2.05) is 13.8 Å². The molecular weight excluding hydrogens is 116 g/mol. The molecule has 0 unspecified atom stereocenters. The van der Waals surface area contributed by atoms with Crippen LogP contribution in [0.1, 0.15) is 13.8 Å². The van der Waals surface area contributed by atoms with Gasteiger partial charge in [-0.3, -0.25) is 4.79 Å². The first kappa shape index (κ1) is 6.49. The van der Waals surface area contributed by atoms with Gasteiger partial charge < -0.3 is 5.11 Å². The number of rotatable bonds is 0. The Morgan fingerprint density at radius 2 is 2.22 bits per heavy atom. The van der Waals surface area contributed by atoms with Crippen molar-refractivity contribution < 1.29 is 9.90 Å². The Kier molecular flexibility index (Phi) is 1.41. The number of carbonyl (C=O) groups excluding carboxylic acids is 1. The van der Waals surface area contributed by atoms with Gasteiger partial charge in [0.1, 0.15) is 6.10 Å². The average molecular weight is 126 g/mol.